The number of hydrogen-bond acceptors (Lipinski definition) is 2. The van der Waals surface area contributed by atoms with E-state index in [1.165, 1.54) is 25.9 Å². The summed E-state index contributed by atoms with van der Waals surface area (Å²) in [4.78, 5) is 2.33. The van der Waals surface area contributed by atoms with E-state index in [1.807, 2.05) is 0 Å². The molecule has 0 N–H and O–H groups in total. The second-order valence-electron chi connectivity index (χ2n) is 2.55. The molecule has 1 saturated heterocycles. The number of hydrogen-bond donors (Lipinski definition) is 0. The van der Waals surface area contributed by atoms with E-state index in [0.29, 0.717) is 6.42 Å². The Hall–Kier alpha value is -0.750. The molecule has 56 valence electrons. The van der Waals surface area contributed by atoms with Crippen LogP contribution in [0.25, 0.3) is 5.01 Å². The summed E-state index contributed by atoms with van der Waals surface area (Å²) in [7, 11) is 0. The lowest BCUT2D eigenvalue weighted by Crippen LogP contribution is -2.19. The zero-order valence-corrected chi connectivity index (χ0v) is 6.05. The number of nitrogens with zero attached hydrogens (tertiary/aromatic N) is 2. The molecule has 1 heterocycles. The highest BCUT2D eigenvalue weighted by Crippen LogP contribution is 2.06. The van der Waals surface area contributed by atoms with Crippen molar-refractivity contribution in [1.29, 1.82) is 0 Å². The van der Waals surface area contributed by atoms with Gasteiger partial charge >= 0.3 is 0 Å². The molecule has 0 bridgehead atoms. The minimum Gasteiger partial charge on any atom is -0.498 e. The van der Waals surface area contributed by atoms with E-state index in [1.54, 1.807) is 0 Å². The van der Waals surface area contributed by atoms with Crippen molar-refractivity contribution in [1.82, 2.24) is 4.90 Å². The summed E-state index contributed by atoms with van der Waals surface area (Å²) in [6.45, 7) is 3.31. The Kier molecular flexibility index (Phi) is 3.04. The van der Waals surface area contributed by atoms with Crippen molar-refractivity contribution in [2.45, 2.75) is 19.3 Å². The fourth-order valence-electron chi connectivity index (χ4n) is 1.26. The van der Waals surface area contributed by atoms with Crippen LogP contribution in [0.5, 0.6) is 0 Å². The molecule has 0 amide bonds. The summed E-state index contributed by atoms with van der Waals surface area (Å²) in [6, 6.07) is 2.40. The average Bonchev–Trinajstić information content (AvgIpc) is 2.41. The zero-order valence-electron chi connectivity index (χ0n) is 6.05. The van der Waals surface area contributed by atoms with Gasteiger partial charge < -0.3 is 10.1 Å². The Bertz CT molecular complexity index is 141. The van der Waals surface area contributed by atoms with Crippen LogP contribution in [0, 0.1) is 11.3 Å². The van der Waals surface area contributed by atoms with Crippen molar-refractivity contribution in [3.05, 3.63) is 10.2 Å². The summed E-state index contributed by atoms with van der Waals surface area (Å²) < 4.78 is 0. The van der Waals surface area contributed by atoms with Gasteiger partial charge in [0, 0.05) is 11.6 Å². The second-order valence-corrected chi connectivity index (χ2v) is 2.55. The van der Waals surface area contributed by atoms with E-state index >= 15 is 0 Å². The van der Waals surface area contributed by atoms with Crippen molar-refractivity contribution in [3.8, 4) is 6.07 Å². The van der Waals surface area contributed by atoms with E-state index in [2.05, 4.69) is 16.0 Å². The molecule has 1 fully saturated rings. The Labute approximate surface area is 61.0 Å². The van der Waals surface area contributed by atoms with Gasteiger partial charge in [-0.15, -0.1) is 0 Å². The highest BCUT2D eigenvalue weighted by molar-refractivity contribution is 4.88. The van der Waals surface area contributed by atoms with Crippen LogP contribution in [0.2, 0.25) is 0 Å². The summed E-state index contributed by atoms with van der Waals surface area (Å²) in [5.74, 6) is 0. The smallest absolute Gasteiger partial charge is 0.299 e. The molecule has 0 unspecified atom stereocenters. The molecule has 10 heavy (non-hydrogen) atoms. The highest BCUT2D eigenvalue weighted by atomic mass is 16.4. The quantitative estimate of drug-likeness (QED) is 0.541. The molecule has 0 aromatic rings. The van der Waals surface area contributed by atoms with Crippen LogP contribution in [0.3, 0.4) is 0 Å². The maximum Gasteiger partial charge on any atom is 0.299 e. The molecule has 3 heteroatoms. The van der Waals surface area contributed by atoms with Crippen LogP contribution in [0.1, 0.15) is 19.3 Å². The monoisotopic (exact) mass is 140 g/mol. The minimum atomic E-state index is 0.684. The first-order valence-corrected chi connectivity index (χ1v) is 3.71. The van der Waals surface area contributed by atoms with Gasteiger partial charge in [0.15, 0.2) is 0 Å². The van der Waals surface area contributed by atoms with E-state index in [-0.39, 0.29) is 0 Å². The van der Waals surface area contributed by atoms with Crippen molar-refractivity contribution in [2.75, 3.05) is 19.6 Å². The highest BCUT2D eigenvalue weighted by Gasteiger charge is 2.10. The van der Waals surface area contributed by atoms with Gasteiger partial charge in [-0.2, -0.15) is 0 Å². The number of rotatable bonds is 2. The van der Waals surface area contributed by atoms with Crippen LogP contribution in [-0.4, -0.2) is 24.5 Å². The third-order valence-corrected chi connectivity index (χ3v) is 1.80. The molecule has 0 atom stereocenters. The van der Waals surface area contributed by atoms with Gasteiger partial charge in [0.2, 0.25) is 0 Å². The van der Waals surface area contributed by atoms with Crippen molar-refractivity contribution >= 4 is 0 Å². The average molecular weight is 140 g/mol. The Balaban J connectivity index is 2.05. The van der Waals surface area contributed by atoms with E-state index < -0.39 is 0 Å². The molecule has 0 radical (unpaired) electrons. The second kappa shape index (κ2) is 4.13. The fraction of sp³-hybridized carbons (Fsp3) is 0.857. The SMILES string of the molecule is [O-][N+]#CCCN1CCCC1. The lowest BCUT2D eigenvalue weighted by atomic mass is 10.4. The maximum atomic E-state index is 9.60. The largest absolute Gasteiger partial charge is 0.498 e. The predicted octanol–water partition coefficient (Wildman–Crippen LogP) is 1.30. The first kappa shape index (κ1) is 7.36. The molecular formula is C7H12N2O. The Morgan fingerprint density at radius 1 is 1.40 bits per heavy atom. The van der Waals surface area contributed by atoms with Crippen LogP contribution >= 0.6 is 0 Å². The molecule has 1 aliphatic heterocycles. The zero-order chi connectivity index (χ0) is 7.23. The van der Waals surface area contributed by atoms with Crippen LogP contribution < -0.4 is 0 Å². The minimum absolute atomic E-state index is 0.684. The van der Waals surface area contributed by atoms with Crippen molar-refractivity contribution in [2.24, 2.45) is 0 Å². The van der Waals surface area contributed by atoms with Gasteiger partial charge in [0.25, 0.3) is 6.07 Å². The molecule has 0 aromatic carbocycles. The number of likely N-dealkylation sites (tertiary alicyclic amines) is 1. The molecule has 0 aromatic heterocycles. The first-order chi connectivity index (χ1) is 4.93. The van der Waals surface area contributed by atoms with Gasteiger partial charge in [-0.3, -0.25) is 0 Å². The van der Waals surface area contributed by atoms with Gasteiger partial charge in [0.1, 0.15) is 0 Å². The van der Waals surface area contributed by atoms with Gasteiger partial charge in [0.05, 0.1) is 6.42 Å². The first-order valence-electron chi connectivity index (χ1n) is 3.71. The molecule has 0 spiro atoms. The Morgan fingerprint density at radius 3 is 2.70 bits per heavy atom. The maximum absolute atomic E-state index is 9.60. The molecule has 1 aliphatic rings. The van der Waals surface area contributed by atoms with Gasteiger partial charge in [-0.25, -0.2) is 0 Å². The normalized spacial score (nSPS) is 18.4. The lowest BCUT2D eigenvalue weighted by Gasteiger charge is -2.09. The van der Waals surface area contributed by atoms with Gasteiger partial charge in [-0.05, 0) is 25.9 Å². The van der Waals surface area contributed by atoms with E-state index in [0.717, 1.165) is 6.54 Å². The van der Waals surface area contributed by atoms with Gasteiger partial charge in [-0.1, -0.05) is 0 Å². The molecule has 0 aliphatic carbocycles. The summed E-state index contributed by atoms with van der Waals surface area (Å²) >= 11 is 0. The van der Waals surface area contributed by atoms with E-state index in [4.69, 9.17) is 0 Å². The third-order valence-electron chi connectivity index (χ3n) is 1.80. The topological polar surface area (TPSA) is 30.7 Å². The third kappa shape index (κ3) is 2.24. The fourth-order valence-corrected chi connectivity index (χ4v) is 1.26. The van der Waals surface area contributed by atoms with Crippen LogP contribution in [-0.2, 0) is 0 Å². The molecule has 1 rings (SSSR count). The van der Waals surface area contributed by atoms with Crippen molar-refractivity contribution < 1.29 is 0 Å². The molecular weight excluding hydrogens is 128 g/mol. The molecule has 0 saturated carbocycles. The molecule has 3 nitrogen and oxygen atoms in total. The summed E-state index contributed by atoms with van der Waals surface area (Å²) in [5, 5.41) is 12.2. The van der Waals surface area contributed by atoms with Crippen molar-refractivity contribution in [3.63, 3.8) is 0 Å². The van der Waals surface area contributed by atoms with Crippen LogP contribution in [0.4, 0.5) is 0 Å². The Morgan fingerprint density at radius 2 is 2.10 bits per heavy atom. The van der Waals surface area contributed by atoms with E-state index in [9.17, 15) is 5.21 Å². The lowest BCUT2D eigenvalue weighted by molar-refractivity contribution is 0.348. The predicted molar refractivity (Wildman–Crippen MR) is 40.9 cm³/mol. The summed E-state index contributed by atoms with van der Waals surface area (Å²) in [5.41, 5.74) is 0. The standard InChI is InChI=1S/C7H12N2O/c10-8-4-3-7-9-5-1-2-6-9/h1-3,5-7H2. The summed E-state index contributed by atoms with van der Waals surface area (Å²) in [6.07, 6.45) is 3.28. The van der Waals surface area contributed by atoms with Crippen LogP contribution in [0.15, 0.2) is 0 Å².